The van der Waals surface area contributed by atoms with Gasteiger partial charge in [0.15, 0.2) is 0 Å². The molecule has 4 heteroatoms. The summed E-state index contributed by atoms with van der Waals surface area (Å²) in [4.78, 5) is 4.44. The molecule has 0 spiro atoms. The maximum Gasteiger partial charge on any atom is 0.128 e. The SMILES string of the molecule is CCC1CN=C(c2ccc(N)c(N)c2)N1. The summed E-state index contributed by atoms with van der Waals surface area (Å²) in [7, 11) is 0. The Kier molecular flexibility index (Phi) is 2.49. The lowest BCUT2D eigenvalue weighted by Gasteiger charge is -2.09. The Balaban J connectivity index is 2.21. The number of nitrogens with zero attached hydrogens (tertiary/aromatic N) is 1. The van der Waals surface area contributed by atoms with Crippen molar-refractivity contribution in [2.45, 2.75) is 19.4 Å². The van der Waals surface area contributed by atoms with E-state index in [1.165, 1.54) is 0 Å². The fraction of sp³-hybridized carbons (Fsp3) is 0.364. The highest BCUT2D eigenvalue weighted by molar-refractivity contribution is 6.01. The number of benzene rings is 1. The van der Waals surface area contributed by atoms with Crippen molar-refractivity contribution in [1.82, 2.24) is 5.32 Å². The Bertz CT molecular complexity index is 398. The van der Waals surface area contributed by atoms with Gasteiger partial charge in [0.2, 0.25) is 0 Å². The fourth-order valence-electron chi connectivity index (χ4n) is 1.61. The minimum Gasteiger partial charge on any atom is -0.397 e. The van der Waals surface area contributed by atoms with Gasteiger partial charge in [-0.15, -0.1) is 0 Å². The molecule has 0 saturated carbocycles. The molecule has 1 aliphatic heterocycles. The highest BCUT2D eigenvalue weighted by Gasteiger charge is 2.16. The Morgan fingerprint density at radius 3 is 2.80 bits per heavy atom. The molecule has 2 rings (SSSR count). The van der Waals surface area contributed by atoms with Gasteiger partial charge in [-0.25, -0.2) is 0 Å². The highest BCUT2D eigenvalue weighted by atomic mass is 15.1. The first-order valence-electron chi connectivity index (χ1n) is 5.17. The molecule has 0 bridgehead atoms. The van der Waals surface area contributed by atoms with Crippen LogP contribution >= 0.6 is 0 Å². The van der Waals surface area contributed by atoms with E-state index in [1.807, 2.05) is 18.2 Å². The summed E-state index contributed by atoms with van der Waals surface area (Å²) < 4.78 is 0. The van der Waals surface area contributed by atoms with Gasteiger partial charge in [0.1, 0.15) is 5.84 Å². The standard InChI is InChI=1S/C11H16N4/c1-2-8-6-14-11(15-8)7-3-4-9(12)10(13)5-7/h3-5,8H,2,6,12-13H2,1H3,(H,14,15). The van der Waals surface area contributed by atoms with Crippen molar-refractivity contribution >= 4 is 17.2 Å². The summed E-state index contributed by atoms with van der Waals surface area (Å²) in [5.74, 6) is 0.925. The number of aliphatic imine (C=N–C) groups is 1. The van der Waals surface area contributed by atoms with Crippen LogP contribution in [0.1, 0.15) is 18.9 Å². The quantitative estimate of drug-likeness (QED) is 0.628. The van der Waals surface area contributed by atoms with Gasteiger partial charge in [-0.05, 0) is 24.6 Å². The van der Waals surface area contributed by atoms with E-state index in [-0.39, 0.29) is 0 Å². The minimum absolute atomic E-state index is 0.457. The van der Waals surface area contributed by atoms with Crippen molar-refractivity contribution in [3.8, 4) is 0 Å². The van der Waals surface area contributed by atoms with Crippen LogP contribution in [-0.2, 0) is 0 Å². The van der Waals surface area contributed by atoms with Crippen LogP contribution in [-0.4, -0.2) is 18.4 Å². The molecule has 0 amide bonds. The van der Waals surface area contributed by atoms with Gasteiger partial charge in [-0.2, -0.15) is 0 Å². The van der Waals surface area contributed by atoms with E-state index in [1.54, 1.807) is 0 Å². The van der Waals surface area contributed by atoms with Gasteiger partial charge in [-0.1, -0.05) is 6.92 Å². The van der Waals surface area contributed by atoms with Gasteiger partial charge >= 0.3 is 0 Å². The molecule has 1 heterocycles. The van der Waals surface area contributed by atoms with Crippen LogP contribution in [0.5, 0.6) is 0 Å². The lowest BCUT2D eigenvalue weighted by atomic mass is 10.1. The third kappa shape index (κ3) is 1.88. The highest BCUT2D eigenvalue weighted by Crippen LogP contribution is 2.17. The van der Waals surface area contributed by atoms with Crippen molar-refractivity contribution in [2.75, 3.05) is 18.0 Å². The van der Waals surface area contributed by atoms with Crippen LogP contribution in [0.25, 0.3) is 0 Å². The summed E-state index contributed by atoms with van der Waals surface area (Å²) in [6, 6.07) is 6.07. The molecular weight excluding hydrogens is 188 g/mol. The largest absolute Gasteiger partial charge is 0.397 e. The number of rotatable bonds is 2. The first-order chi connectivity index (χ1) is 7.20. The summed E-state index contributed by atoms with van der Waals surface area (Å²) in [6.07, 6.45) is 1.08. The topological polar surface area (TPSA) is 76.4 Å². The number of nitrogen functional groups attached to an aromatic ring is 2. The molecule has 0 saturated heterocycles. The first kappa shape index (κ1) is 9.83. The zero-order valence-electron chi connectivity index (χ0n) is 8.83. The molecule has 0 aliphatic carbocycles. The molecule has 1 unspecified atom stereocenters. The average molecular weight is 204 g/mol. The van der Waals surface area contributed by atoms with E-state index in [2.05, 4.69) is 17.2 Å². The average Bonchev–Trinajstić information content (AvgIpc) is 2.70. The van der Waals surface area contributed by atoms with Crippen LogP contribution in [0.15, 0.2) is 23.2 Å². The van der Waals surface area contributed by atoms with Gasteiger partial charge < -0.3 is 16.8 Å². The van der Waals surface area contributed by atoms with Crippen LogP contribution < -0.4 is 16.8 Å². The fourth-order valence-corrected chi connectivity index (χ4v) is 1.61. The summed E-state index contributed by atoms with van der Waals surface area (Å²) in [5, 5.41) is 3.36. The zero-order chi connectivity index (χ0) is 10.8. The van der Waals surface area contributed by atoms with Crippen molar-refractivity contribution in [3.63, 3.8) is 0 Å². The van der Waals surface area contributed by atoms with E-state index in [0.29, 0.717) is 17.4 Å². The molecule has 80 valence electrons. The Morgan fingerprint density at radius 2 is 2.20 bits per heavy atom. The molecule has 15 heavy (non-hydrogen) atoms. The maximum absolute atomic E-state index is 5.75. The maximum atomic E-state index is 5.75. The molecule has 1 aliphatic rings. The molecule has 5 N–H and O–H groups in total. The molecule has 0 fully saturated rings. The summed E-state index contributed by atoms with van der Waals surface area (Å²) in [6.45, 7) is 2.99. The molecule has 1 aromatic carbocycles. The number of hydrogen-bond donors (Lipinski definition) is 3. The second-order valence-electron chi connectivity index (χ2n) is 3.78. The Hall–Kier alpha value is -1.71. The van der Waals surface area contributed by atoms with Crippen LogP contribution in [0.2, 0.25) is 0 Å². The molecule has 0 aromatic heterocycles. The monoisotopic (exact) mass is 204 g/mol. The summed E-state index contributed by atoms with van der Waals surface area (Å²) >= 11 is 0. The van der Waals surface area contributed by atoms with Crippen LogP contribution in [0.3, 0.4) is 0 Å². The number of nitrogens with one attached hydrogen (secondary N) is 1. The third-order valence-electron chi connectivity index (χ3n) is 2.66. The molecule has 1 atom stereocenters. The van der Waals surface area contributed by atoms with Crippen LogP contribution in [0, 0.1) is 0 Å². The predicted octanol–water partition coefficient (Wildman–Crippen LogP) is 0.979. The third-order valence-corrected chi connectivity index (χ3v) is 2.66. The lowest BCUT2D eigenvalue weighted by molar-refractivity contribution is 0.636. The Labute approximate surface area is 89.4 Å². The Morgan fingerprint density at radius 1 is 1.40 bits per heavy atom. The number of hydrogen-bond acceptors (Lipinski definition) is 4. The smallest absolute Gasteiger partial charge is 0.128 e. The van der Waals surface area contributed by atoms with Gasteiger partial charge in [0.05, 0.1) is 17.9 Å². The molecule has 0 radical (unpaired) electrons. The van der Waals surface area contributed by atoms with Crippen molar-refractivity contribution < 1.29 is 0 Å². The van der Waals surface area contributed by atoms with Crippen molar-refractivity contribution in [2.24, 2.45) is 4.99 Å². The number of amidine groups is 1. The number of anilines is 2. The van der Waals surface area contributed by atoms with E-state index in [4.69, 9.17) is 11.5 Å². The van der Waals surface area contributed by atoms with Gasteiger partial charge in [0.25, 0.3) is 0 Å². The molecular formula is C11H16N4. The second kappa shape index (κ2) is 3.81. The lowest BCUT2D eigenvalue weighted by Crippen LogP contribution is -2.29. The van der Waals surface area contributed by atoms with E-state index < -0.39 is 0 Å². The van der Waals surface area contributed by atoms with E-state index in [9.17, 15) is 0 Å². The zero-order valence-corrected chi connectivity index (χ0v) is 8.83. The van der Waals surface area contributed by atoms with Gasteiger partial charge in [-0.3, -0.25) is 4.99 Å². The van der Waals surface area contributed by atoms with Gasteiger partial charge in [0, 0.05) is 11.6 Å². The summed E-state index contributed by atoms with van der Waals surface area (Å²) in [5.41, 5.74) is 13.6. The number of nitrogens with two attached hydrogens (primary N) is 2. The van der Waals surface area contributed by atoms with Crippen molar-refractivity contribution in [3.05, 3.63) is 23.8 Å². The second-order valence-corrected chi connectivity index (χ2v) is 3.78. The van der Waals surface area contributed by atoms with Crippen molar-refractivity contribution in [1.29, 1.82) is 0 Å². The van der Waals surface area contributed by atoms with E-state index >= 15 is 0 Å². The first-order valence-corrected chi connectivity index (χ1v) is 5.17. The van der Waals surface area contributed by atoms with E-state index in [0.717, 1.165) is 24.4 Å². The predicted molar refractivity (Wildman–Crippen MR) is 63.9 cm³/mol. The molecule has 1 aromatic rings. The normalized spacial score (nSPS) is 19.8. The minimum atomic E-state index is 0.457. The molecule has 4 nitrogen and oxygen atoms in total. The van der Waals surface area contributed by atoms with Crippen LogP contribution in [0.4, 0.5) is 11.4 Å².